The van der Waals surface area contributed by atoms with Gasteiger partial charge >= 0.3 is 6.18 Å². The summed E-state index contributed by atoms with van der Waals surface area (Å²) in [5, 5.41) is 3.63. The van der Waals surface area contributed by atoms with Crippen molar-refractivity contribution in [2.75, 3.05) is 13.6 Å². The molecule has 1 aliphatic heterocycles. The van der Waals surface area contributed by atoms with Crippen LogP contribution in [0, 0.1) is 0 Å². The van der Waals surface area contributed by atoms with E-state index in [0.29, 0.717) is 12.2 Å². The Morgan fingerprint density at radius 2 is 2.00 bits per heavy atom. The van der Waals surface area contributed by atoms with Crippen LogP contribution in [0.4, 0.5) is 13.2 Å². The summed E-state index contributed by atoms with van der Waals surface area (Å²) >= 11 is 0. The lowest BCUT2D eigenvalue weighted by Gasteiger charge is -2.22. The minimum absolute atomic E-state index is 0.00877. The first-order chi connectivity index (χ1) is 5.79. The molecule has 0 aromatic heterocycles. The van der Waals surface area contributed by atoms with Gasteiger partial charge < -0.3 is 0 Å². The van der Waals surface area contributed by atoms with Crippen LogP contribution in [0.5, 0.6) is 0 Å². The van der Waals surface area contributed by atoms with Gasteiger partial charge in [0, 0.05) is 13.0 Å². The Hall–Kier alpha value is -0.840. The SMILES string of the molecule is CC[N+]1(C)N=C(C(F)(F)F)C=C1C. The molecule has 0 spiro atoms. The van der Waals surface area contributed by atoms with Crippen LogP contribution in [0.3, 0.4) is 0 Å². The van der Waals surface area contributed by atoms with Crippen LogP contribution in [0.15, 0.2) is 16.9 Å². The van der Waals surface area contributed by atoms with E-state index >= 15 is 0 Å². The second kappa shape index (κ2) is 2.83. The Bertz CT molecular complexity index is 278. The van der Waals surface area contributed by atoms with E-state index in [-0.39, 0.29) is 4.59 Å². The number of halogens is 3. The Kier molecular flexibility index (Phi) is 2.23. The van der Waals surface area contributed by atoms with Crippen LogP contribution < -0.4 is 0 Å². The van der Waals surface area contributed by atoms with E-state index in [1.807, 2.05) is 0 Å². The van der Waals surface area contributed by atoms with E-state index in [4.69, 9.17) is 0 Å². The average Bonchev–Trinajstić information content (AvgIpc) is 2.29. The first-order valence-electron chi connectivity index (χ1n) is 4.01. The normalized spacial score (nSPS) is 28.8. The van der Waals surface area contributed by atoms with Gasteiger partial charge in [0.25, 0.3) is 0 Å². The quantitative estimate of drug-likeness (QED) is 0.566. The molecule has 0 aromatic rings. The van der Waals surface area contributed by atoms with E-state index in [0.717, 1.165) is 6.08 Å². The molecule has 0 saturated carbocycles. The summed E-state index contributed by atoms with van der Waals surface area (Å²) in [6.45, 7) is 3.99. The van der Waals surface area contributed by atoms with Crippen molar-refractivity contribution in [2.45, 2.75) is 20.0 Å². The van der Waals surface area contributed by atoms with Crippen LogP contribution in [0.25, 0.3) is 0 Å². The third kappa shape index (κ3) is 1.75. The zero-order valence-corrected chi connectivity index (χ0v) is 7.81. The molecule has 0 amide bonds. The maximum Gasteiger partial charge on any atom is 0.438 e. The minimum atomic E-state index is -4.33. The fourth-order valence-corrected chi connectivity index (χ4v) is 1.14. The first-order valence-corrected chi connectivity index (χ1v) is 4.01. The molecule has 1 aliphatic rings. The molecule has 1 rings (SSSR count). The van der Waals surface area contributed by atoms with Crippen molar-refractivity contribution in [1.29, 1.82) is 0 Å². The predicted octanol–water partition coefficient (Wildman–Crippen LogP) is 2.29. The van der Waals surface area contributed by atoms with Crippen molar-refractivity contribution < 1.29 is 17.8 Å². The van der Waals surface area contributed by atoms with Gasteiger partial charge in [-0.05, 0) is 6.92 Å². The largest absolute Gasteiger partial charge is 0.438 e. The maximum absolute atomic E-state index is 12.2. The lowest BCUT2D eigenvalue weighted by molar-refractivity contribution is -0.875. The van der Waals surface area contributed by atoms with E-state index < -0.39 is 11.9 Å². The number of allylic oxidation sites excluding steroid dienone is 2. The lowest BCUT2D eigenvalue weighted by Crippen LogP contribution is -2.34. The maximum atomic E-state index is 12.2. The van der Waals surface area contributed by atoms with Gasteiger partial charge in [-0.3, -0.25) is 0 Å². The van der Waals surface area contributed by atoms with Crippen LogP contribution >= 0.6 is 0 Å². The molecular weight excluding hydrogens is 181 g/mol. The van der Waals surface area contributed by atoms with Gasteiger partial charge in [-0.1, -0.05) is 5.10 Å². The van der Waals surface area contributed by atoms with Gasteiger partial charge in [0.05, 0.1) is 7.05 Å². The molecule has 2 nitrogen and oxygen atoms in total. The van der Waals surface area contributed by atoms with Gasteiger partial charge in [-0.15, -0.1) is 0 Å². The first kappa shape index (κ1) is 10.2. The van der Waals surface area contributed by atoms with Crippen LogP contribution in [0.1, 0.15) is 13.8 Å². The fourth-order valence-electron chi connectivity index (χ4n) is 1.14. The molecule has 13 heavy (non-hydrogen) atoms. The van der Waals surface area contributed by atoms with Crippen LogP contribution in [-0.4, -0.2) is 30.1 Å². The highest BCUT2D eigenvalue weighted by molar-refractivity contribution is 6.00. The van der Waals surface area contributed by atoms with Crippen molar-refractivity contribution in [3.05, 3.63) is 11.8 Å². The van der Waals surface area contributed by atoms with E-state index in [1.54, 1.807) is 20.9 Å². The smallest absolute Gasteiger partial charge is 0.172 e. The highest BCUT2D eigenvalue weighted by Gasteiger charge is 2.43. The summed E-state index contributed by atoms with van der Waals surface area (Å²) in [4.78, 5) is 0. The van der Waals surface area contributed by atoms with E-state index in [1.165, 1.54) is 0 Å². The molecule has 1 atom stereocenters. The van der Waals surface area contributed by atoms with E-state index in [9.17, 15) is 13.2 Å². The summed E-state index contributed by atoms with van der Waals surface area (Å²) < 4.78 is 36.7. The molecule has 0 aromatic carbocycles. The summed E-state index contributed by atoms with van der Waals surface area (Å²) in [6.07, 6.45) is -3.23. The molecule has 0 radical (unpaired) electrons. The monoisotopic (exact) mass is 193 g/mol. The van der Waals surface area contributed by atoms with Crippen LogP contribution in [0.2, 0.25) is 0 Å². The topological polar surface area (TPSA) is 12.4 Å². The molecule has 1 unspecified atom stereocenters. The Morgan fingerprint density at radius 3 is 2.23 bits per heavy atom. The molecule has 0 bridgehead atoms. The van der Waals surface area contributed by atoms with Gasteiger partial charge in [0.1, 0.15) is 12.2 Å². The number of hydrogen-bond donors (Lipinski definition) is 0. The molecule has 0 saturated heterocycles. The molecule has 74 valence electrons. The summed E-state index contributed by atoms with van der Waals surface area (Å²) in [5.74, 6) is 0. The molecule has 0 fully saturated rings. The van der Waals surface area contributed by atoms with E-state index in [2.05, 4.69) is 5.10 Å². The summed E-state index contributed by atoms with van der Waals surface area (Å²) in [6, 6.07) is 0. The Morgan fingerprint density at radius 1 is 1.46 bits per heavy atom. The van der Waals surface area contributed by atoms with Gasteiger partial charge in [-0.2, -0.15) is 17.8 Å². The van der Waals surface area contributed by atoms with Crippen molar-refractivity contribution in [3.63, 3.8) is 0 Å². The molecule has 0 N–H and O–H groups in total. The molecule has 0 aliphatic carbocycles. The second-order valence-corrected chi connectivity index (χ2v) is 3.22. The number of alkyl halides is 3. The van der Waals surface area contributed by atoms with Gasteiger partial charge in [-0.25, -0.2) is 0 Å². The zero-order valence-electron chi connectivity index (χ0n) is 7.81. The third-order valence-corrected chi connectivity index (χ3v) is 2.34. The van der Waals surface area contributed by atoms with Gasteiger partial charge in [0.2, 0.25) is 5.71 Å². The Balaban J connectivity index is 3.03. The van der Waals surface area contributed by atoms with Crippen LogP contribution in [-0.2, 0) is 0 Å². The fraction of sp³-hybridized carbons (Fsp3) is 0.625. The molecular formula is C8H12F3N2+. The van der Waals surface area contributed by atoms with Gasteiger partial charge in [0.15, 0.2) is 0 Å². The zero-order chi connectivity index (χ0) is 10.3. The standard InChI is InChI=1S/C8H12F3N2/c1-4-13(3)6(2)5-7(12-13)8(9,10)11/h5H,4H2,1-3H3/q+1. The van der Waals surface area contributed by atoms with Crippen molar-refractivity contribution >= 4 is 5.71 Å². The highest BCUT2D eigenvalue weighted by atomic mass is 19.4. The average molecular weight is 193 g/mol. The van der Waals surface area contributed by atoms with Crippen molar-refractivity contribution in [2.24, 2.45) is 5.10 Å². The lowest BCUT2D eigenvalue weighted by atomic mass is 10.3. The molecule has 1 heterocycles. The predicted molar refractivity (Wildman–Crippen MR) is 44.0 cm³/mol. The minimum Gasteiger partial charge on any atom is -0.172 e. The Labute approximate surface area is 74.9 Å². The second-order valence-electron chi connectivity index (χ2n) is 3.22. The third-order valence-electron chi connectivity index (χ3n) is 2.34. The highest BCUT2D eigenvalue weighted by Crippen LogP contribution is 2.29. The number of quaternary nitrogens is 1. The summed E-state index contributed by atoms with van der Waals surface area (Å²) in [5.41, 5.74) is -0.163. The van der Waals surface area contributed by atoms with Crippen molar-refractivity contribution in [3.8, 4) is 0 Å². The summed E-state index contributed by atoms with van der Waals surface area (Å²) in [7, 11) is 1.66. The number of hydrogen-bond acceptors (Lipinski definition) is 1. The molecule has 5 heteroatoms. The number of rotatable bonds is 1. The van der Waals surface area contributed by atoms with Crippen molar-refractivity contribution in [1.82, 2.24) is 0 Å². The number of nitrogens with zero attached hydrogens (tertiary/aromatic N) is 2.